The monoisotopic (exact) mass is 331 g/mol. The van der Waals surface area contributed by atoms with Gasteiger partial charge >= 0.3 is 0 Å². The van der Waals surface area contributed by atoms with Crippen LogP contribution in [0.1, 0.15) is 25.7 Å². The van der Waals surface area contributed by atoms with Gasteiger partial charge in [0.2, 0.25) is 5.91 Å². The Morgan fingerprint density at radius 2 is 2.19 bits per heavy atom. The Morgan fingerprint density at radius 3 is 2.86 bits per heavy atom. The summed E-state index contributed by atoms with van der Waals surface area (Å²) in [6, 6.07) is 1.55. The minimum absolute atomic E-state index is 0.0261. The predicted octanol–water partition coefficient (Wildman–Crippen LogP) is 2.56. The molecule has 2 unspecified atom stereocenters. The van der Waals surface area contributed by atoms with Gasteiger partial charge in [-0.25, -0.2) is 4.98 Å². The molecule has 7 heteroatoms. The molecule has 0 radical (unpaired) electrons. The van der Waals surface area contributed by atoms with E-state index in [-0.39, 0.29) is 24.6 Å². The topological polar surface area (TPSA) is 65.5 Å². The molecule has 1 fully saturated rings. The van der Waals surface area contributed by atoms with Gasteiger partial charge in [0.1, 0.15) is 0 Å². The lowest BCUT2D eigenvalue weighted by Crippen LogP contribution is -2.46. The third-order valence-electron chi connectivity index (χ3n) is 3.72. The average Bonchev–Trinajstić information content (AvgIpc) is 2.42. The first-order valence-electron chi connectivity index (χ1n) is 6.96. The Morgan fingerprint density at radius 1 is 1.48 bits per heavy atom. The number of carbonyl (C=O) groups excluding carboxylic acids is 1. The number of carbonyl (C=O) groups is 1. The van der Waals surface area contributed by atoms with Crippen LogP contribution in [0.4, 0.5) is 5.82 Å². The third kappa shape index (κ3) is 4.54. The zero-order chi connectivity index (χ0) is 15.4. The summed E-state index contributed by atoms with van der Waals surface area (Å²) in [5.74, 6) is 0.0793. The number of likely N-dealkylation sites (N-methyl/N-ethyl adjacent to an activating group) is 1. The Balaban J connectivity index is 1.91. The standard InChI is InChI=1S/C14H19Cl2N3O2/c1-19(11-4-2-3-5-12(11)20)8-13(21)18-14-10(16)6-9(15)7-17-14/h6-7,11-12,20H,2-5,8H2,1H3,(H,17,18,21). The fraction of sp³-hybridized carbons (Fsp3) is 0.571. The van der Waals surface area contributed by atoms with Crippen molar-refractivity contribution in [3.8, 4) is 0 Å². The molecule has 1 saturated carbocycles. The number of nitrogens with one attached hydrogen (secondary N) is 1. The summed E-state index contributed by atoms with van der Waals surface area (Å²) in [7, 11) is 1.84. The zero-order valence-electron chi connectivity index (χ0n) is 11.9. The molecule has 1 aliphatic rings. The van der Waals surface area contributed by atoms with Gasteiger partial charge in [-0.3, -0.25) is 9.69 Å². The summed E-state index contributed by atoms with van der Waals surface area (Å²) in [5.41, 5.74) is 0. The Bertz CT molecular complexity index is 513. The molecule has 5 nitrogen and oxygen atoms in total. The molecule has 0 bridgehead atoms. The van der Waals surface area contributed by atoms with Gasteiger partial charge in [-0.2, -0.15) is 0 Å². The Kier molecular flexibility index (Phi) is 5.81. The van der Waals surface area contributed by atoms with E-state index in [1.165, 1.54) is 12.3 Å². The maximum Gasteiger partial charge on any atom is 0.239 e. The van der Waals surface area contributed by atoms with Crippen LogP contribution in [-0.4, -0.2) is 46.6 Å². The average molecular weight is 332 g/mol. The van der Waals surface area contributed by atoms with E-state index < -0.39 is 0 Å². The van der Waals surface area contributed by atoms with Crippen LogP contribution in [0.25, 0.3) is 0 Å². The van der Waals surface area contributed by atoms with Gasteiger partial charge in [-0.15, -0.1) is 0 Å². The van der Waals surface area contributed by atoms with Gasteiger partial charge in [0.25, 0.3) is 0 Å². The number of rotatable bonds is 4. The van der Waals surface area contributed by atoms with Crippen molar-refractivity contribution in [1.82, 2.24) is 9.88 Å². The SMILES string of the molecule is CN(CC(=O)Nc1ncc(Cl)cc1Cl)C1CCCCC1O. The van der Waals surface area contributed by atoms with Gasteiger partial charge in [-0.1, -0.05) is 36.0 Å². The molecular weight excluding hydrogens is 313 g/mol. The molecule has 0 aliphatic heterocycles. The molecule has 0 spiro atoms. The van der Waals surface area contributed by atoms with Crippen LogP contribution in [0.5, 0.6) is 0 Å². The van der Waals surface area contributed by atoms with Crippen LogP contribution in [-0.2, 0) is 4.79 Å². The second-order valence-corrected chi connectivity index (χ2v) is 6.21. The summed E-state index contributed by atoms with van der Waals surface area (Å²) in [5, 5.41) is 13.4. The second kappa shape index (κ2) is 7.40. The highest BCUT2D eigenvalue weighted by Crippen LogP contribution is 2.24. The van der Waals surface area contributed by atoms with Crippen molar-refractivity contribution in [2.75, 3.05) is 18.9 Å². The molecule has 116 valence electrons. The number of nitrogens with zero attached hydrogens (tertiary/aromatic N) is 2. The molecule has 1 aliphatic carbocycles. The first-order chi connectivity index (χ1) is 9.97. The van der Waals surface area contributed by atoms with E-state index in [1.807, 2.05) is 11.9 Å². The predicted molar refractivity (Wildman–Crippen MR) is 83.8 cm³/mol. The Labute approximate surface area is 134 Å². The number of anilines is 1. The fourth-order valence-electron chi connectivity index (χ4n) is 2.63. The van der Waals surface area contributed by atoms with Crippen LogP contribution in [0.3, 0.4) is 0 Å². The molecule has 2 N–H and O–H groups in total. The summed E-state index contributed by atoms with van der Waals surface area (Å²) >= 11 is 11.7. The molecular formula is C14H19Cl2N3O2. The van der Waals surface area contributed by atoms with E-state index in [0.717, 1.165) is 25.7 Å². The van der Waals surface area contributed by atoms with E-state index in [4.69, 9.17) is 23.2 Å². The van der Waals surface area contributed by atoms with Gasteiger partial charge in [0.05, 0.1) is 22.7 Å². The van der Waals surface area contributed by atoms with E-state index in [0.29, 0.717) is 15.9 Å². The number of hydrogen-bond donors (Lipinski definition) is 2. The van der Waals surface area contributed by atoms with Crippen LogP contribution >= 0.6 is 23.2 Å². The lowest BCUT2D eigenvalue weighted by molar-refractivity contribution is -0.118. The van der Waals surface area contributed by atoms with Crippen molar-refractivity contribution < 1.29 is 9.90 Å². The minimum atomic E-state index is -0.367. The maximum absolute atomic E-state index is 12.0. The highest BCUT2D eigenvalue weighted by molar-refractivity contribution is 6.36. The van der Waals surface area contributed by atoms with Crippen LogP contribution in [0, 0.1) is 0 Å². The summed E-state index contributed by atoms with van der Waals surface area (Å²) in [6.45, 7) is 0.183. The number of aliphatic hydroxyl groups is 1. The zero-order valence-corrected chi connectivity index (χ0v) is 13.4. The van der Waals surface area contributed by atoms with Crippen molar-refractivity contribution in [2.24, 2.45) is 0 Å². The molecule has 1 heterocycles. The molecule has 1 aromatic rings. The number of aliphatic hydroxyl groups excluding tert-OH is 1. The number of pyridine rings is 1. The molecule has 1 aromatic heterocycles. The fourth-order valence-corrected chi connectivity index (χ4v) is 3.06. The van der Waals surface area contributed by atoms with Gasteiger partial charge in [-0.05, 0) is 26.0 Å². The number of hydrogen-bond acceptors (Lipinski definition) is 4. The number of aromatic nitrogens is 1. The second-order valence-electron chi connectivity index (χ2n) is 5.37. The van der Waals surface area contributed by atoms with E-state index in [1.54, 1.807) is 0 Å². The van der Waals surface area contributed by atoms with Crippen molar-refractivity contribution in [3.63, 3.8) is 0 Å². The number of amides is 1. The minimum Gasteiger partial charge on any atom is -0.391 e. The van der Waals surface area contributed by atoms with Crippen molar-refractivity contribution in [1.29, 1.82) is 0 Å². The highest BCUT2D eigenvalue weighted by atomic mass is 35.5. The summed E-state index contributed by atoms with van der Waals surface area (Å²) in [6.07, 6.45) is 4.89. The van der Waals surface area contributed by atoms with Crippen LogP contribution in [0.15, 0.2) is 12.3 Å². The molecule has 0 aromatic carbocycles. The van der Waals surface area contributed by atoms with Crippen molar-refractivity contribution in [2.45, 2.75) is 37.8 Å². The van der Waals surface area contributed by atoms with E-state index in [9.17, 15) is 9.90 Å². The van der Waals surface area contributed by atoms with E-state index >= 15 is 0 Å². The molecule has 1 amide bonds. The van der Waals surface area contributed by atoms with Crippen LogP contribution < -0.4 is 5.32 Å². The summed E-state index contributed by atoms with van der Waals surface area (Å²) < 4.78 is 0. The highest BCUT2D eigenvalue weighted by Gasteiger charge is 2.27. The normalized spacial score (nSPS) is 22.3. The summed E-state index contributed by atoms with van der Waals surface area (Å²) in [4.78, 5) is 17.9. The molecule has 0 saturated heterocycles. The molecule has 21 heavy (non-hydrogen) atoms. The van der Waals surface area contributed by atoms with E-state index in [2.05, 4.69) is 10.3 Å². The lowest BCUT2D eigenvalue weighted by atomic mass is 9.91. The van der Waals surface area contributed by atoms with Crippen molar-refractivity contribution in [3.05, 3.63) is 22.3 Å². The quantitative estimate of drug-likeness (QED) is 0.889. The Hall–Kier alpha value is -0.880. The first-order valence-corrected chi connectivity index (χ1v) is 7.72. The van der Waals surface area contributed by atoms with Crippen LogP contribution in [0.2, 0.25) is 10.0 Å². The first kappa shape index (κ1) is 16.5. The molecule has 2 rings (SSSR count). The van der Waals surface area contributed by atoms with Gasteiger partial charge < -0.3 is 10.4 Å². The number of halogens is 2. The van der Waals surface area contributed by atoms with Crippen molar-refractivity contribution >= 4 is 34.9 Å². The maximum atomic E-state index is 12.0. The molecule has 2 atom stereocenters. The van der Waals surface area contributed by atoms with Gasteiger partial charge in [0, 0.05) is 12.2 Å². The largest absolute Gasteiger partial charge is 0.391 e. The lowest BCUT2D eigenvalue weighted by Gasteiger charge is -2.34. The van der Waals surface area contributed by atoms with Gasteiger partial charge in [0.15, 0.2) is 5.82 Å². The smallest absolute Gasteiger partial charge is 0.239 e. The third-order valence-corrected chi connectivity index (χ3v) is 4.21.